The first-order valence-corrected chi connectivity index (χ1v) is 6.42. The molecule has 94 valence electrons. The van der Waals surface area contributed by atoms with Crippen LogP contribution in [0.4, 0.5) is 0 Å². The lowest BCUT2D eigenvalue weighted by Gasteiger charge is -2.32. The van der Waals surface area contributed by atoms with Crippen molar-refractivity contribution in [2.24, 2.45) is 5.73 Å². The number of hydrogen-bond acceptors (Lipinski definition) is 3. The predicted molar refractivity (Wildman–Crippen MR) is 67.9 cm³/mol. The minimum atomic E-state index is -0.428. The molecule has 0 atom stereocenters. The van der Waals surface area contributed by atoms with Gasteiger partial charge >= 0.3 is 0 Å². The summed E-state index contributed by atoms with van der Waals surface area (Å²) in [5, 5.41) is 0. The molecule has 1 aliphatic rings. The lowest BCUT2D eigenvalue weighted by molar-refractivity contribution is 0.285. The van der Waals surface area contributed by atoms with Crippen molar-refractivity contribution in [3.05, 3.63) is 27.9 Å². The van der Waals surface area contributed by atoms with Gasteiger partial charge in [-0.15, -0.1) is 0 Å². The van der Waals surface area contributed by atoms with Crippen LogP contribution in [0.2, 0.25) is 0 Å². The maximum Gasteiger partial charge on any atom is 0.251 e. The Balaban J connectivity index is 2.40. The molecular formula is C13H21N3O. The largest absolute Gasteiger partial charge is 0.319 e. The van der Waals surface area contributed by atoms with Crippen LogP contribution in [0.1, 0.15) is 63.4 Å². The van der Waals surface area contributed by atoms with Gasteiger partial charge in [-0.05, 0) is 18.8 Å². The average Bonchev–Trinajstić information content (AvgIpc) is 2.29. The zero-order valence-corrected chi connectivity index (χ0v) is 10.6. The third-order valence-corrected chi connectivity index (χ3v) is 3.57. The molecule has 0 saturated heterocycles. The molecule has 2 rings (SSSR count). The lowest BCUT2D eigenvalue weighted by Crippen LogP contribution is -2.41. The van der Waals surface area contributed by atoms with Gasteiger partial charge < -0.3 is 10.7 Å². The molecule has 0 spiro atoms. The summed E-state index contributed by atoms with van der Waals surface area (Å²) in [5.74, 6) is 0.927. The molecule has 4 heteroatoms. The average molecular weight is 235 g/mol. The molecule has 1 heterocycles. The van der Waals surface area contributed by atoms with Crippen molar-refractivity contribution >= 4 is 0 Å². The molecule has 0 aromatic carbocycles. The van der Waals surface area contributed by atoms with Gasteiger partial charge in [-0.3, -0.25) is 4.79 Å². The van der Waals surface area contributed by atoms with Crippen LogP contribution < -0.4 is 11.3 Å². The van der Waals surface area contributed by atoms with Gasteiger partial charge in [0.15, 0.2) is 0 Å². The maximum absolute atomic E-state index is 11.6. The number of rotatable bonds is 2. The smallest absolute Gasteiger partial charge is 0.251 e. The van der Waals surface area contributed by atoms with Crippen LogP contribution in [0.25, 0.3) is 0 Å². The summed E-state index contributed by atoms with van der Waals surface area (Å²) in [6, 6.07) is 1.57. The summed E-state index contributed by atoms with van der Waals surface area (Å²) >= 11 is 0. The summed E-state index contributed by atoms with van der Waals surface area (Å²) in [5.41, 5.74) is 6.70. The standard InChI is InChI=1S/C13H21N3O/c1-9(2)10-8-11(17)16-12(15-10)13(14)6-4-3-5-7-13/h8-9H,3-7,14H2,1-2H3,(H,15,16,17). The van der Waals surface area contributed by atoms with E-state index in [-0.39, 0.29) is 11.5 Å². The summed E-state index contributed by atoms with van der Waals surface area (Å²) in [6.07, 6.45) is 5.29. The molecule has 1 aromatic rings. The second-order valence-corrected chi connectivity index (χ2v) is 5.39. The van der Waals surface area contributed by atoms with Crippen LogP contribution in [-0.4, -0.2) is 9.97 Å². The van der Waals surface area contributed by atoms with Crippen LogP contribution in [0.15, 0.2) is 10.9 Å². The highest BCUT2D eigenvalue weighted by molar-refractivity contribution is 5.13. The van der Waals surface area contributed by atoms with E-state index in [1.165, 1.54) is 6.42 Å². The molecule has 0 amide bonds. The normalized spacial score (nSPS) is 19.5. The quantitative estimate of drug-likeness (QED) is 0.823. The molecule has 3 N–H and O–H groups in total. The number of nitrogens with one attached hydrogen (secondary N) is 1. The fraction of sp³-hybridized carbons (Fsp3) is 0.692. The van der Waals surface area contributed by atoms with Crippen molar-refractivity contribution < 1.29 is 0 Å². The van der Waals surface area contributed by atoms with Crippen LogP contribution in [0.3, 0.4) is 0 Å². The van der Waals surface area contributed by atoms with E-state index in [9.17, 15) is 4.79 Å². The van der Waals surface area contributed by atoms with Crippen LogP contribution in [0, 0.1) is 0 Å². The van der Waals surface area contributed by atoms with Gasteiger partial charge in [0.2, 0.25) is 0 Å². The van der Waals surface area contributed by atoms with Crippen molar-refractivity contribution in [3.63, 3.8) is 0 Å². The summed E-state index contributed by atoms with van der Waals surface area (Å²) in [7, 11) is 0. The molecule has 4 nitrogen and oxygen atoms in total. The number of H-pyrrole nitrogens is 1. The highest BCUT2D eigenvalue weighted by atomic mass is 16.1. The third-order valence-electron chi connectivity index (χ3n) is 3.57. The molecule has 1 aliphatic carbocycles. The molecule has 0 radical (unpaired) electrons. The van der Waals surface area contributed by atoms with Crippen molar-refractivity contribution in [3.8, 4) is 0 Å². The SMILES string of the molecule is CC(C)c1cc(=O)[nH]c(C2(N)CCCCC2)n1. The summed E-state index contributed by atoms with van der Waals surface area (Å²) in [6.45, 7) is 4.07. The Morgan fingerprint density at radius 1 is 1.35 bits per heavy atom. The molecule has 0 aliphatic heterocycles. The Bertz CT molecular complexity index is 444. The fourth-order valence-electron chi connectivity index (χ4n) is 2.43. The van der Waals surface area contributed by atoms with Crippen LogP contribution in [0.5, 0.6) is 0 Å². The van der Waals surface area contributed by atoms with Crippen molar-refractivity contribution in [1.82, 2.24) is 9.97 Å². The van der Waals surface area contributed by atoms with E-state index in [2.05, 4.69) is 9.97 Å². The Morgan fingerprint density at radius 2 is 2.00 bits per heavy atom. The van der Waals surface area contributed by atoms with E-state index < -0.39 is 5.54 Å². The second-order valence-electron chi connectivity index (χ2n) is 5.39. The van der Waals surface area contributed by atoms with Gasteiger partial charge in [0, 0.05) is 6.07 Å². The first kappa shape index (κ1) is 12.3. The molecule has 0 bridgehead atoms. The van der Waals surface area contributed by atoms with Crippen molar-refractivity contribution in [2.75, 3.05) is 0 Å². The molecule has 1 fully saturated rings. The number of aromatic amines is 1. The summed E-state index contributed by atoms with van der Waals surface area (Å²) < 4.78 is 0. The van der Waals surface area contributed by atoms with E-state index in [4.69, 9.17) is 5.73 Å². The minimum absolute atomic E-state index is 0.0888. The maximum atomic E-state index is 11.6. The number of aromatic nitrogens is 2. The first-order chi connectivity index (χ1) is 8.01. The molecule has 17 heavy (non-hydrogen) atoms. The predicted octanol–water partition coefficient (Wildman–Crippen LogP) is 2.01. The van der Waals surface area contributed by atoms with Gasteiger partial charge in [0.25, 0.3) is 5.56 Å². The van der Waals surface area contributed by atoms with E-state index >= 15 is 0 Å². The highest BCUT2D eigenvalue weighted by Gasteiger charge is 2.32. The summed E-state index contributed by atoms with van der Waals surface area (Å²) in [4.78, 5) is 19.0. The zero-order chi connectivity index (χ0) is 12.5. The van der Waals surface area contributed by atoms with Gasteiger partial charge in [-0.2, -0.15) is 0 Å². The fourth-order valence-corrected chi connectivity index (χ4v) is 2.43. The van der Waals surface area contributed by atoms with Gasteiger partial charge in [0.1, 0.15) is 5.82 Å². The lowest BCUT2D eigenvalue weighted by atomic mass is 9.82. The first-order valence-electron chi connectivity index (χ1n) is 6.42. The van der Waals surface area contributed by atoms with E-state index in [0.29, 0.717) is 5.82 Å². The molecule has 1 saturated carbocycles. The topological polar surface area (TPSA) is 71.8 Å². The minimum Gasteiger partial charge on any atom is -0.319 e. The van der Waals surface area contributed by atoms with Crippen molar-refractivity contribution in [1.29, 1.82) is 0 Å². The Kier molecular flexibility index (Phi) is 3.33. The van der Waals surface area contributed by atoms with E-state index in [1.807, 2.05) is 13.8 Å². The number of nitrogens with zero attached hydrogens (tertiary/aromatic N) is 1. The molecular weight excluding hydrogens is 214 g/mol. The Morgan fingerprint density at radius 3 is 2.59 bits per heavy atom. The number of hydrogen-bond donors (Lipinski definition) is 2. The van der Waals surface area contributed by atoms with Gasteiger partial charge in [-0.1, -0.05) is 33.1 Å². The second kappa shape index (κ2) is 4.61. The van der Waals surface area contributed by atoms with E-state index in [0.717, 1.165) is 31.4 Å². The third kappa shape index (κ3) is 2.57. The van der Waals surface area contributed by atoms with Crippen LogP contribution in [-0.2, 0) is 5.54 Å². The Hall–Kier alpha value is -1.16. The number of nitrogens with two attached hydrogens (primary N) is 1. The van der Waals surface area contributed by atoms with Gasteiger partial charge in [0.05, 0.1) is 11.2 Å². The monoisotopic (exact) mass is 235 g/mol. The van der Waals surface area contributed by atoms with E-state index in [1.54, 1.807) is 6.07 Å². The molecule has 1 aromatic heterocycles. The zero-order valence-electron chi connectivity index (χ0n) is 10.6. The highest BCUT2D eigenvalue weighted by Crippen LogP contribution is 2.32. The Labute approximate surface area is 102 Å². The van der Waals surface area contributed by atoms with Crippen LogP contribution >= 0.6 is 0 Å². The van der Waals surface area contributed by atoms with Gasteiger partial charge in [-0.25, -0.2) is 4.98 Å². The van der Waals surface area contributed by atoms with Crippen molar-refractivity contribution in [2.45, 2.75) is 57.4 Å². The molecule has 0 unspecified atom stereocenters.